The summed E-state index contributed by atoms with van der Waals surface area (Å²) in [6.45, 7) is 8.10. The minimum absolute atomic E-state index is 0.385. The Bertz CT molecular complexity index is 1200. The quantitative estimate of drug-likeness (QED) is 0.338. The molecule has 4 aromatic carbocycles. The molecule has 0 unspecified atom stereocenters. The third kappa shape index (κ3) is 5.12. The van der Waals surface area contributed by atoms with Crippen molar-refractivity contribution in [1.29, 1.82) is 0 Å². The zero-order chi connectivity index (χ0) is 23.5. The van der Waals surface area contributed by atoms with E-state index < -0.39 is 0 Å². The molecule has 0 amide bonds. The van der Waals surface area contributed by atoms with E-state index in [1.54, 1.807) is 0 Å². The summed E-state index contributed by atoms with van der Waals surface area (Å²) in [7, 11) is 0. The lowest BCUT2D eigenvalue weighted by molar-refractivity contribution is 0.465. The van der Waals surface area contributed by atoms with E-state index in [1.165, 1.54) is 33.4 Å². The minimum atomic E-state index is 0.385. The molecular weight excluding hydrogens is 404 g/mol. The highest BCUT2D eigenvalue weighted by atomic mass is 16.3. The molecular formula is C31H32O2. The predicted octanol–water partition coefficient (Wildman–Crippen LogP) is 7.10. The Hall–Kier alpha value is -3.52. The van der Waals surface area contributed by atoms with Crippen LogP contribution in [0.5, 0.6) is 11.5 Å². The summed E-state index contributed by atoms with van der Waals surface area (Å²) in [4.78, 5) is 0. The Kier molecular flexibility index (Phi) is 6.55. The summed E-state index contributed by atoms with van der Waals surface area (Å²) in [5, 5.41) is 21.1. The number of phenolic OH excluding ortho intramolecular Hbond substituents is 2. The van der Waals surface area contributed by atoms with Crippen LogP contribution < -0.4 is 0 Å². The van der Waals surface area contributed by atoms with Crippen molar-refractivity contribution in [2.45, 2.75) is 47.0 Å². The Morgan fingerprint density at radius 3 is 1.27 bits per heavy atom. The van der Waals surface area contributed by atoms with Crippen LogP contribution in [-0.2, 0) is 19.3 Å². The number of para-hydroxylation sites is 2. The molecule has 2 heteroatoms. The fourth-order valence-electron chi connectivity index (χ4n) is 4.52. The number of rotatable bonds is 6. The molecule has 0 saturated carbocycles. The number of aromatic hydroxyl groups is 2. The van der Waals surface area contributed by atoms with Crippen molar-refractivity contribution in [3.05, 3.63) is 128 Å². The summed E-state index contributed by atoms with van der Waals surface area (Å²) >= 11 is 0. The molecule has 0 fully saturated rings. The third-order valence-corrected chi connectivity index (χ3v) is 6.51. The van der Waals surface area contributed by atoms with Gasteiger partial charge in [0.05, 0.1) is 0 Å². The van der Waals surface area contributed by atoms with Crippen LogP contribution in [0.15, 0.2) is 72.8 Å². The van der Waals surface area contributed by atoms with Gasteiger partial charge in [-0.1, -0.05) is 83.9 Å². The number of phenols is 2. The van der Waals surface area contributed by atoms with Crippen LogP contribution in [0.3, 0.4) is 0 Å². The SMILES string of the molecule is Cc1ccc(Cc2ccc(C)cc2Cc2cccc(C)c2O)c(Cc2cccc(C)c2O)c1. The molecule has 2 N–H and O–H groups in total. The molecule has 0 saturated heterocycles. The summed E-state index contributed by atoms with van der Waals surface area (Å²) in [6.07, 6.45) is 2.21. The Labute approximate surface area is 197 Å². The average Bonchev–Trinajstić information content (AvgIpc) is 2.78. The highest BCUT2D eigenvalue weighted by Crippen LogP contribution is 2.29. The van der Waals surface area contributed by atoms with Gasteiger partial charge in [0.1, 0.15) is 11.5 Å². The molecule has 0 atom stereocenters. The van der Waals surface area contributed by atoms with Gasteiger partial charge in [0.25, 0.3) is 0 Å². The molecule has 4 aromatic rings. The van der Waals surface area contributed by atoms with E-state index in [4.69, 9.17) is 0 Å². The topological polar surface area (TPSA) is 40.5 Å². The van der Waals surface area contributed by atoms with E-state index in [0.717, 1.165) is 28.7 Å². The maximum atomic E-state index is 10.6. The first-order valence-corrected chi connectivity index (χ1v) is 11.5. The van der Waals surface area contributed by atoms with E-state index in [9.17, 15) is 10.2 Å². The van der Waals surface area contributed by atoms with Crippen LogP contribution in [0.4, 0.5) is 0 Å². The Balaban J connectivity index is 1.70. The Morgan fingerprint density at radius 1 is 0.455 bits per heavy atom. The lowest BCUT2D eigenvalue weighted by atomic mass is 9.89. The molecule has 0 aromatic heterocycles. The van der Waals surface area contributed by atoms with Gasteiger partial charge in [-0.2, -0.15) is 0 Å². The van der Waals surface area contributed by atoms with Crippen molar-refractivity contribution >= 4 is 0 Å². The standard InChI is InChI=1S/C31H32O2/c1-20-11-13-24(28(15-20)18-26-9-5-7-22(3)30(26)32)17-25-14-12-21(2)16-29(25)19-27-10-6-8-23(4)31(27)33/h5-16,32-33H,17-19H2,1-4H3. The lowest BCUT2D eigenvalue weighted by Crippen LogP contribution is -2.03. The first kappa shape index (κ1) is 22.7. The largest absolute Gasteiger partial charge is 0.507 e. The molecule has 0 radical (unpaired) electrons. The molecule has 0 aliphatic carbocycles. The minimum Gasteiger partial charge on any atom is -0.507 e. The fraction of sp³-hybridized carbons (Fsp3) is 0.226. The van der Waals surface area contributed by atoms with Crippen LogP contribution >= 0.6 is 0 Å². The summed E-state index contributed by atoms with van der Waals surface area (Å²) in [6, 6.07) is 25.1. The normalized spacial score (nSPS) is 11.0. The van der Waals surface area contributed by atoms with E-state index in [1.807, 2.05) is 50.2 Å². The van der Waals surface area contributed by atoms with Crippen LogP contribution in [-0.4, -0.2) is 10.2 Å². The van der Waals surface area contributed by atoms with Gasteiger partial charge in [-0.3, -0.25) is 0 Å². The monoisotopic (exact) mass is 436 g/mol. The van der Waals surface area contributed by atoms with Gasteiger partial charge in [-0.25, -0.2) is 0 Å². The average molecular weight is 437 g/mol. The van der Waals surface area contributed by atoms with Crippen molar-refractivity contribution in [3.8, 4) is 11.5 Å². The molecule has 0 aliphatic rings. The summed E-state index contributed by atoms with van der Waals surface area (Å²) in [5.41, 5.74) is 11.2. The van der Waals surface area contributed by atoms with Gasteiger partial charge in [-0.05, 0) is 78.6 Å². The second kappa shape index (κ2) is 9.54. The van der Waals surface area contributed by atoms with Gasteiger partial charge in [0, 0.05) is 12.8 Å². The summed E-state index contributed by atoms with van der Waals surface area (Å²) < 4.78 is 0. The molecule has 0 bridgehead atoms. The number of hydrogen-bond acceptors (Lipinski definition) is 2. The zero-order valence-electron chi connectivity index (χ0n) is 19.9. The smallest absolute Gasteiger partial charge is 0.122 e. The van der Waals surface area contributed by atoms with Gasteiger partial charge in [-0.15, -0.1) is 0 Å². The predicted molar refractivity (Wildman–Crippen MR) is 136 cm³/mol. The van der Waals surface area contributed by atoms with Crippen molar-refractivity contribution in [2.75, 3.05) is 0 Å². The maximum absolute atomic E-state index is 10.6. The van der Waals surface area contributed by atoms with Crippen molar-refractivity contribution in [2.24, 2.45) is 0 Å². The van der Waals surface area contributed by atoms with Crippen LogP contribution in [0.1, 0.15) is 55.6 Å². The Morgan fingerprint density at radius 2 is 0.848 bits per heavy atom. The highest BCUT2D eigenvalue weighted by Gasteiger charge is 2.13. The highest BCUT2D eigenvalue weighted by molar-refractivity contribution is 5.48. The van der Waals surface area contributed by atoms with Crippen LogP contribution in [0.25, 0.3) is 0 Å². The zero-order valence-corrected chi connectivity index (χ0v) is 19.9. The second-order valence-corrected chi connectivity index (χ2v) is 9.24. The first-order chi connectivity index (χ1) is 15.8. The van der Waals surface area contributed by atoms with E-state index in [0.29, 0.717) is 24.3 Å². The number of aryl methyl sites for hydroxylation is 4. The molecule has 0 spiro atoms. The molecule has 168 valence electrons. The van der Waals surface area contributed by atoms with E-state index in [-0.39, 0.29) is 0 Å². The maximum Gasteiger partial charge on any atom is 0.122 e. The van der Waals surface area contributed by atoms with Gasteiger partial charge < -0.3 is 10.2 Å². The van der Waals surface area contributed by atoms with Crippen molar-refractivity contribution in [3.63, 3.8) is 0 Å². The van der Waals surface area contributed by atoms with E-state index >= 15 is 0 Å². The van der Waals surface area contributed by atoms with Gasteiger partial charge in [0.2, 0.25) is 0 Å². The summed E-state index contributed by atoms with van der Waals surface area (Å²) in [5.74, 6) is 0.770. The fourth-order valence-corrected chi connectivity index (χ4v) is 4.52. The van der Waals surface area contributed by atoms with Gasteiger partial charge in [0.15, 0.2) is 0 Å². The van der Waals surface area contributed by atoms with Crippen molar-refractivity contribution < 1.29 is 10.2 Å². The molecule has 4 rings (SSSR count). The molecule has 0 aliphatic heterocycles. The van der Waals surface area contributed by atoms with Crippen LogP contribution in [0, 0.1) is 27.7 Å². The van der Waals surface area contributed by atoms with Crippen LogP contribution in [0.2, 0.25) is 0 Å². The number of benzene rings is 4. The number of hydrogen-bond donors (Lipinski definition) is 2. The lowest BCUT2D eigenvalue weighted by Gasteiger charge is -2.16. The molecule has 0 heterocycles. The molecule has 33 heavy (non-hydrogen) atoms. The van der Waals surface area contributed by atoms with Crippen molar-refractivity contribution in [1.82, 2.24) is 0 Å². The second-order valence-electron chi connectivity index (χ2n) is 9.24. The van der Waals surface area contributed by atoms with E-state index in [2.05, 4.69) is 50.2 Å². The van der Waals surface area contributed by atoms with Gasteiger partial charge >= 0.3 is 0 Å². The molecule has 2 nitrogen and oxygen atoms in total. The third-order valence-electron chi connectivity index (χ3n) is 6.51. The first-order valence-electron chi connectivity index (χ1n) is 11.5.